The smallest absolute Gasteiger partial charge is 0.338 e. The van der Waals surface area contributed by atoms with Crippen LogP contribution in [0, 0.1) is 11.3 Å². The van der Waals surface area contributed by atoms with E-state index in [0.717, 1.165) is 0 Å². The molecule has 2 rings (SSSR count). The highest BCUT2D eigenvalue weighted by Crippen LogP contribution is 2.47. The summed E-state index contributed by atoms with van der Waals surface area (Å²) in [7, 11) is 0. The number of halogens is 1. The summed E-state index contributed by atoms with van der Waals surface area (Å²) in [6.45, 7) is 0.327. The Kier molecular flexibility index (Phi) is 3.00. The Balaban J connectivity index is 1.99. The number of rotatable bonds is 4. The van der Waals surface area contributed by atoms with Crippen LogP contribution in [-0.2, 0) is 14.4 Å². The van der Waals surface area contributed by atoms with Crippen LogP contribution in [0.5, 0.6) is 0 Å². The van der Waals surface area contributed by atoms with Crippen molar-refractivity contribution < 1.29 is 23.9 Å². The van der Waals surface area contributed by atoms with Crippen molar-refractivity contribution in [1.82, 2.24) is 4.90 Å². The number of alkyl halides is 1. The van der Waals surface area contributed by atoms with Gasteiger partial charge < -0.3 is 15.7 Å². The van der Waals surface area contributed by atoms with Crippen molar-refractivity contribution in [3.05, 3.63) is 0 Å². The molecule has 7 heteroatoms. The summed E-state index contributed by atoms with van der Waals surface area (Å²) >= 11 is 0. The zero-order valence-corrected chi connectivity index (χ0v) is 9.76. The van der Waals surface area contributed by atoms with Gasteiger partial charge in [0.15, 0.2) is 0 Å². The van der Waals surface area contributed by atoms with Crippen LogP contribution in [-0.4, -0.2) is 47.1 Å². The lowest BCUT2D eigenvalue weighted by Crippen LogP contribution is -2.43. The number of nitrogens with two attached hydrogens (primary N) is 1. The normalized spacial score (nSPS) is 26.7. The van der Waals surface area contributed by atoms with Crippen LogP contribution in [0.2, 0.25) is 0 Å². The molecule has 2 unspecified atom stereocenters. The lowest BCUT2D eigenvalue weighted by Gasteiger charge is -2.21. The van der Waals surface area contributed by atoms with Crippen LogP contribution < -0.4 is 5.73 Å². The standard InChI is InChI=1S/C11H15FN2O4/c12-7(8(15)16)6-1-4-14(5-6)10(18)11(2-3-11)9(13)17/h6-7H,1-5H2,(H2,13,17)(H,15,16). The fourth-order valence-corrected chi connectivity index (χ4v) is 2.41. The van der Waals surface area contributed by atoms with Crippen LogP contribution in [0.15, 0.2) is 0 Å². The van der Waals surface area contributed by atoms with Gasteiger partial charge in [0, 0.05) is 19.0 Å². The molecule has 2 aliphatic rings. The molecular weight excluding hydrogens is 243 g/mol. The first-order chi connectivity index (χ1) is 8.38. The van der Waals surface area contributed by atoms with Gasteiger partial charge in [0.25, 0.3) is 0 Å². The first-order valence-corrected chi connectivity index (χ1v) is 5.84. The Labute approximate surface area is 103 Å². The Morgan fingerprint density at radius 2 is 2.00 bits per heavy atom. The van der Waals surface area contributed by atoms with Crippen molar-refractivity contribution in [2.45, 2.75) is 25.4 Å². The van der Waals surface area contributed by atoms with Crippen molar-refractivity contribution >= 4 is 17.8 Å². The molecule has 1 saturated carbocycles. The number of primary amides is 1. The number of carboxylic acids is 1. The molecule has 0 bridgehead atoms. The molecule has 0 aromatic heterocycles. The largest absolute Gasteiger partial charge is 0.479 e. The van der Waals surface area contributed by atoms with Crippen LogP contribution in [0.1, 0.15) is 19.3 Å². The predicted octanol–water partition coefficient (Wildman–Crippen LogP) is -0.477. The lowest BCUT2D eigenvalue weighted by molar-refractivity contribution is -0.146. The fraction of sp³-hybridized carbons (Fsp3) is 0.727. The number of aliphatic carboxylic acids is 1. The van der Waals surface area contributed by atoms with E-state index >= 15 is 0 Å². The molecule has 2 atom stereocenters. The monoisotopic (exact) mass is 258 g/mol. The Morgan fingerprint density at radius 1 is 1.39 bits per heavy atom. The van der Waals surface area contributed by atoms with E-state index in [9.17, 15) is 18.8 Å². The summed E-state index contributed by atoms with van der Waals surface area (Å²) in [4.78, 5) is 35.2. The van der Waals surface area contributed by atoms with Gasteiger partial charge in [-0.1, -0.05) is 0 Å². The molecule has 6 nitrogen and oxygen atoms in total. The second-order valence-electron chi connectivity index (χ2n) is 4.99. The van der Waals surface area contributed by atoms with Gasteiger partial charge in [0.05, 0.1) is 0 Å². The average molecular weight is 258 g/mol. The number of carbonyl (C=O) groups excluding carboxylic acids is 2. The predicted molar refractivity (Wildman–Crippen MR) is 58.1 cm³/mol. The molecule has 2 fully saturated rings. The molecule has 0 aromatic carbocycles. The van der Waals surface area contributed by atoms with Gasteiger partial charge in [-0.05, 0) is 19.3 Å². The highest BCUT2D eigenvalue weighted by molar-refractivity contribution is 6.07. The summed E-state index contributed by atoms with van der Waals surface area (Å²) in [6.07, 6.45) is -0.805. The minimum Gasteiger partial charge on any atom is -0.479 e. The number of likely N-dealkylation sites (tertiary alicyclic amines) is 1. The van der Waals surface area contributed by atoms with Crippen LogP contribution in [0.4, 0.5) is 4.39 Å². The molecule has 1 aliphatic carbocycles. The van der Waals surface area contributed by atoms with E-state index in [-0.39, 0.29) is 19.0 Å². The zero-order chi connectivity index (χ0) is 13.5. The number of hydrogen-bond donors (Lipinski definition) is 2. The number of carbonyl (C=O) groups is 3. The maximum Gasteiger partial charge on any atom is 0.338 e. The zero-order valence-electron chi connectivity index (χ0n) is 9.76. The Hall–Kier alpha value is -1.66. The lowest BCUT2D eigenvalue weighted by atomic mass is 10.0. The maximum absolute atomic E-state index is 13.3. The van der Waals surface area contributed by atoms with Gasteiger partial charge in [0.2, 0.25) is 18.0 Å². The average Bonchev–Trinajstić information content (AvgIpc) is 2.99. The summed E-state index contributed by atoms with van der Waals surface area (Å²) in [6, 6.07) is 0. The molecule has 18 heavy (non-hydrogen) atoms. The minimum absolute atomic E-state index is 0.0430. The minimum atomic E-state index is -1.97. The third-order valence-corrected chi connectivity index (χ3v) is 3.79. The second-order valence-corrected chi connectivity index (χ2v) is 4.99. The first kappa shape index (κ1) is 12.8. The van der Waals surface area contributed by atoms with Gasteiger partial charge in [0.1, 0.15) is 5.41 Å². The molecule has 2 amide bonds. The summed E-state index contributed by atoms with van der Waals surface area (Å²) in [5.41, 5.74) is 4.08. The van der Waals surface area contributed by atoms with Gasteiger partial charge in [-0.3, -0.25) is 9.59 Å². The van der Waals surface area contributed by atoms with E-state index in [0.29, 0.717) is 19.3 Å². The summed E-state index contributed by atoms with van der Waals surface area (Å²) in [5.74, 6) is -3.23. The molecule has 0 radical (unpaired) electrons. The van der Waals surface area contributed by atoms with Crippen molar-refractivity contribution in [3.63, 3.8) is 0 Å². The van der Waals surface area contributed by atoms with Gasteiger partial charge in [-0.2, -0.15) is 0 Å². The van der Waals surface area contributed by atoms with E-state index in [1.165, 1.54) is 4.90 Å². The molecule has 3 N–H and O–H groups in total. The van der Waals surface area contributed by atoms with Gasteiger partial charge in [-0.15, -0.1) is 0 Å². The van der Waals surface area contributed by atoms with E-state index in [1.807, 2.05) is 0 Å². The van der Waals surface area contributed by atoms with Crippen molar-refractivity contribution in [2.24, 2.45) is 17.1 Å². The number of amides is 2. The summed E-state index contributed by atoms with van der Waals surface area (Å²) in [5, 5.41) is 8.58. The van der Waals surface area contributed by atoms with Crippen LogP contribution in [0.25, 0.3) is 0 Å². The van der Waals surface area contributed by atoms with Gasteiger partial charge in [-0.25, -0.2) is 9.18 Å². The van der Waals surface area contributed by atoms with E-state index in [2.05, 4.69) is 0 Å². The Bertz CT molecular complexity index is 408. The van der Waals surface area contributed by atoms with Crippen molar-refractivity contribution in [2.75, 3.05) is 13.1 Å². The van der Waals surface area contributed by atoms with Gasteiger partial charge >= 0.3 is 5.97 Å². The maximum atomic E-state index is 13.3. The molecule has 100 valence electrons. The van der Waals surface area contributed by atoms with E-state index < -0.39 is 29.4 Å². The van der Waals surface area contributed by atoms with E-state index in [4.69, 9.17) is 10.8 Å². The van der Waals surface area contributed by atoms with Crippen molar-refractivity contribution in [3.8, 4) is 0 Å². The molecule has 0 aromatic rings. The third-order valence-electron chi connectivity index (χ3n) is 3.79. The topological polar surface area (TPSA) is 101 Å². The quantitative estimate of drug-likeness (QED) is 0.665. The van der Waals surface area contributed by atoms with Crippen molar-refractivity contribution in [1.29, 1.82) is 0 Å². The molecular formula is C11H15FN2O4. The van der Waals surface area contributed by atoms with Crippen LogP contribution in [0.3, 0.4) is 0 Å². The number of carboxylic acid groups (broad SMARTS) is 1. The first-order valence-electron chi connectivity index (χ1n) is 5.84. The van der Waals surface area contributed by atoms with Crippen LogP contribution >= 0.6 is 0 Å². The molecule has 1 aliphatic heterocycles. The molecule has 0 spiro atoms. The SMILES string of the molecule is NC(=O)C1(C(=O)N2CCC(C(F)C(=O)O)C2)CC1. The summed E-state index contributed by atoms with van der Waals surface area (Å²) < 4.78 is 13.3. The fourth-order valence-electron chi connectivity index (χ4n) is 2.41. The third kappa shape index (κ3) is 1.93. The number of hydrogen-bond acceptors (Lipinski definition) is 3. The van der Waals surface area contributed by atoms with E-state index in [1.54, 1.807) is 0 Å². The highest BCUT2D eigenvalue weighted by Gasteiger charge is 2.57. The number of nitrogens with zero attached hydrogens (tertiary/aromatic N) is 1. The molecule has 1 heterocycles. The second kappa shape index (κ2) is 4.22. The highest BCUT2D eigenvalue weighted by atomic mass is 19.1. The molecule has 1 saturated heterocycles. The Morgan fingerprint density at radius 3 is 2.44 bits per heavy atom.